The van der Waals surface area contributed by atoms with Gasteiger partial charge in [0.1, 0.15) is 0 Å². The van der Waals surface area contributed by atoms with Gasteiger partial charge in [-0.1, -0.05) is 25.5 Å². The minimum atomic E-state index is -1.56. The molecule has 1 saturated carbocycles. The Morgan fingerprint density at radius 1 is 1.04 bits per heavy atom. The molecule has 1 N–H and O–H groups in total. The fourth-order valence-corrected chi connectivity index (χ4v) is 3.86. The number of benzene rings is 2. The number of carboxylic acids is 1. The smallest absolute Gasteiger partial charge is 0.336 e. The highest BCUT2D eigenvalue weighted by Crippen LogP contribution is 2.39. The molecule has 1 aliphatic carbocycles. The van der Waals surface area contributed by atoms with Crippen LogP contribution in [0.5, 0.6) is 0 Å². The minimum Gasteiger partial charge on any atom is -0.478 e. The van der Waals surface area contributed by atoms with Crippen molar-refractivity contribution in [2.24, 2.45) is 5.92 Å². The second kappa shape index (κ2) is 7.52. The van der Waals surface area contributed by atoms with Crippen molar-refractivity contribution in [3.05, 3.63) is 58.9 Å². The lowest BCUT2D eigenvalue weighted by Crippen LogP contribution is -2.13. The summed E-state index contributed by atoms with van der Waals surface area (Å²) in [5.41, 5.74) is 1.15. The van der Waals surface area contributed by atoms with Crippen molar-refractivity contribution in [3.63, 3.8) is 0 Å². The van der Waals surface area contributed by atoms with E-state index in [-0.39, 0.29) is 16.7 Å². The summed E-state index contributed by atoms with van der Waals surface area (Å²) in [5.74, 6) is -4.37. The molecular weight excluding hydrogens is 341 g/mol. The van der Waals surface area contributed by atoms with E-state index in [0.717, 1.165) is 55.7 Å². The summed E-state index contributed by atoms with van der Waals surface area (Å²) in [6.07, 6.45) is 5.42. The molecule has 2 aromatic rings. The van der Waals surface area contributed by atoms with Crippen molar-refractivity contribution in [1.82, 2.24) is 0 Å². The number of carbonyl (C=O) groups is 1. The summed E-state index contributed by atoms with van der Waals surface area (Å²) in [7, 11) is 0. The van der Waals surface area contributed by atoms with Crippen molar-refractivity contribution in [2.75, 3.05) is 0 Å². The standard InChI is InChI=1S/C21H21F3O2/c1-2-12-3-5-13(6-4-12)14-7-8-16(21(25)26)17(9-14)15-10-18(22)20(24)19(23)11-15/h7-13H,2-6H2,1H3,(H,25,26). The highest BCUT2D eigenvalue weighted by molar-refractivity contribution is 5.96. The van der Waals surface area contributed by atoms with E-state index in [9.17, 15) is 23.1 Å². The minimum absolute atomic E-state index is 0.0305. The Bertz CT molecular complexity index is 801. The molecule has 0 aromatic heterocycles. The van der Waals surface area contributed by atoms with Gasteiger partial charge in [-0.05, 0) is 72.4 Å². The van der Waals surface area contributed by atoms with Gasteiger partial charge in [0.2, 0.25) is 0 Å². The number of aromatic carboxylic acids is 1. The second-order valence-electron chi connectivity index (χ2n) is 6.99. The van der Waals surface area contributed by atoms with Crippen LogP contribution in [0.2, 0.25) is 0 Å². The van der Waals surface area contributed by atoms with E-state index in [2.05, 4.69) is 6.92 Å². The molecule has 0 atom stereocenters. The van der Waals surface area contributed by atoms with Gasteiger partial charge in [-0.2, -0.15) is 0 Å². The summed E-state index contributed by atoms with van der Waals surface area (Å²) < 4.78 is 40.5. The zero-order valence-electron chi connectivity index (χ0n) is 14.6. The lowest BCUT2D eigenvalue weighted by Gasteiger charge is -2.28. The van der Waals surface area contributed by atoms with Gasteiger partial charge < -0.3 is 5.11 Å². The molecule has 0 saturated heterocycles. The van der Waals surface area contributed by atoms with E-state index < -0.39 is 23.4 Å². The molecular formula is C21H21F3O2. The molecule has 1 aliphatic rings. The van der Waals surface area contributed by atoms with Crippen molar-refractivity contribution in [2.45, 2.75) is 44.9 Å². The van der Waals surface area contributed by atoms with Gasteiger partial charge in [-0.25, -0.2) is 18.0 Å². The highest BCUT2D eigenvalue weighted by Gasteiger charge is 2.23. The molecule has 26 heavy (non-hydrogen) atoms. The monoisotopic (exact) mass is 362 g/mol. The van der Waals surface area contributed by atoms with Crippen LogP contribution in [0.1, 0.15) is 60.9 Å². The third kappa shape index (κ3) is 3.62. The van der Waals surface area contributed by atoms with Crippen molar-refractivity contribution < 1.29 is 23.1 Å². The van der Waals surface area contributed by atoms with Gasteiger partial charge in [0.25, 0.3) is 0 Å². The first-order chi connectivity index (χ1) is 12.4. The maximum Gasteiger partial charge on any atom is 0.336 e. The summed E-state index contributed by atoms with van der Waals surface area (Å²) in [5, 5.41) is 9.43. The zero-order chi connectivity index (χ0) is 18.8. The normalized spacial score (nSPS) is 20.2. The first-order valence-corrected chi connectivity index (χ1v) is 8.92. The zero-order valence-corrected chi connectivity index (χ0v) is 14.6. The van der Waals surface area contributed by atoms with Gasteiger partial charge in [-0.15, -0.1) is 0 Å². The number of hydrogen-bond acceptors (Lipinski definition) is 1. The maximum atomic E-state index is 13.6. The molecule has 3 rings (SSSR count). The fraction of sp³-hybridized carbons (Fsp3) is 0.381. The molecule has 0 aliphatic heterocycles. The first kappa shape index (κ1) is 18.5. The molecule has 5 heteroatoms. The Kier molecular flexibility index (Phi) is 5.35. The van der Waals surface area contributed by atoms with Crippen molar-refractivity contribution in [3.8, 4) is 11.1 Å². The third-order valence-electron chi connectivity index (χ3n) is 5.46. The Labute approximate surface area is 150 Å². The summed E-state index contributed by atoms with van der Waals surface area (Å²) in [4.78, 5) is 11.5. The van der Waals surface area contributed by atoms with Crippen LogP contribution in [0.4, 0.5) is 13.2 Å². The summed E-state index contributed by atoms with van der Waals surface area (Å²) >= 11 is 0. The Morgan fingerprint density at radius 3 is 2.19 bits per heavy atom. The highest BCUT2D eigenvalue weighted by atomic mass is 19.2. The molecule has 0 bridgehead atoms. The van der Waals surface area contributed by atoms with Crippen molar-refractivity contribution in [1.29, 1.82) is 0 Å². The van der Waals surface area contributed by atoms with Crippen LogP contribution >= 0.6 is 0 Å². The molecule has 138 valence electrons. The first-order valence-electron chi connectivity index (χ1n) is 8.92. The van der Waals surface area contributed by atoms with Gasteiger partial charge in [-0.3, -0.25) is 0 Å². The second-order valence-corrected chi connectivity index (χ2v) is 6.99. The van der Waals surface area contributed by atoms with E-state index in [1.54, 1.807) is 12.1 Å². The fourth-order valence-electron chi connectivity index (χ4n) is 3.86. The number of halogens is 3. The average Bonchev–Trinajstić information content (AvgIpc) is 2.65. The Balaban J connectivity index is 2.02. The Morgan fingerprint density at radius 2 is 1.65 bits per heavy atom. The van der Waals surface area contributed by atoms with Gasteiger partial charge in [0, 0.05) is 0 Å². The molecule has 0 spiro atoms. The molecule has 0 heterocycles. The van der Waals surface area contributed by atoms with Crippen LogP contribution in [0.15, 0.2) is 30.3 Å². The van der Waals surface area contributed by atoms with E-state index >= 15 is 0 Å². The number of hydrogen-bond donors (Lipinski definition) is 1. The SMILES string of the molecule is CCC1CCC(c2ccc(C(=O)O)c(-c3cc(F)c(F)c(F)c3)c2)CC1. The molecule has 1 fully saturated rings. The molecule has 2 aromatic carbocycles. The van der Waals surface area contributed by atoms with E-state index in [0.29, 0.717) is 5.92 Å². The average molecular weight is 362 g/mol. The lowest BCUT2D eigenvalue weighted by atomic mass is 9.77. The van der Waals surface area contributed by atoms with Crippen LogP contribution < -0.4 is 0 Å². The van der Waals surface area contributed by atoms with E-state index in [4.69, 9.17) is 0 Å². The predicted molar refractivity (Wildman–Crippen MR) is 93.7 cm³/mol. The summed E-state index contributed by atoms with van der Waals surface area (Å²) in [6, 6.07) is 6.63. The van der Waals surface area contributed by atoms with Crippen LogP contribution in [-0.4, -0.2) is 11.1 Å². The quantitative estimate of drug-likeness (QED) is 0.662. The van der Waals surface area contributed by atoms with Crippen LogP contribution in [-0.2, 0) is 0 Å². The molecule has 0 radical (unpaired) electrons. The van der Waals surface area contributed by atoms with Crippen LogP contribution in [0, 0.1) is 23.4 Å². The van der Waals surface area contributed by atoms with E-state index in [1.165, 1.54) is 6.07 Å². The van der Waals surface area contributed by atoms with Crippen LogP contribution in [0.3, 0.4) is 0 Å². The molecule has 0 amide bonds. The maximum absolute atomic E-state index is 13.6. The topological polar surface area (TPSA) is 37.3 Å². The van der Waals surface area contributed by atoms with E-state index in [1.807, 2.05) is 0 Å². The van der Waals surface area contributed by atoms with Gasteiger partial charge in [0.05, 0.1) is 5.56 Å². The van der Waals surface area contributed by atoms with Gasteiger partial charge in [0.15, 0.2) is 17.5 Å². The van der Waals surface area contributed by atoms with Crippen LogP contribution in [0.25, 0.3) is 11.1 Å². The molecule has 2 nitrogen and oxygen atoms in total. The van der Waals surface area contributed by atoms with Crippen molar-refractivity contribution >= 4 is 5.97 Å². The Hall–Kier alpha value is -2.30. The number of carboxylic acid groups (broad SMARTS) is 1. The molecule has 0 unspecified atom stereocenters. The summed E-state index contributed by atoms with van der Waals surface area (Å²) in [6.45, 7) is 2.18. The number of rotatable bonds is 4. The predicted octanol–water partition coefficient (Wildman–Crippen LogP) is 6.15. The third-order valence-corrected chi connectivity index (χ3v) is 5.46. The largest absolute Gasteiger partial charge is 0.478 e. The lowest BCUT2D eigenvalue weighted by molar-refractivity contribution is 0.0697. The van der Waals surface area contributed by atoms with Gasteiger partial charge >= 0.3 is 5.97 Å².